The van der Waals surface area contributed by atoms with Gasteiger partial charge in [-0.25, -0.2) is 0 Å². The van der Waals surface area contributed by atoms with Crippen LogP contribution in [0.3, 0.4) is 0 Å². The predicted octanol–water partition coefficient (Wildman–Crippen LogP) is 1.93. The van der Waals surface area contributed by atoms with E-state index in [0.717, 1.165) is 12.4 Å². The van der Waals surface area contributed by atoms with E-state index in [0.29, 0.717) is 14.5 Å². The number of hydrogen-bond acceptors (Lipinski definition) is 2. The molecule has 0 atom stereocenters. The van der Waals surface area contributed by atoms with Gasteiger partial charge in [0.25, 0.3) is 0 Å². The van der Waals surface area contributed by atoms with Crippen molar-refractivity contribution < 1.29 is 19.1 Å². The standard InChI is InChI=1S/C11H8OSe.HO3P/c1-2-8-3-4-9-5-7-13-11(9)10(8)12-6-1;1-4(2)3/h1-5,7H,6H2;(H-,1,2,3)/p+1. The second-order valence-electron chi connectivity index (χ2n) is 3.29. The van der Waals surface area contributed by atoms with Gasteiger partial charge in [-0.2, -0.15) is 0 Å². The molecule has 88 valence electrons. The fourth-order valence-corrected chi connectivity index (χ4v) is 3.51. The van der Waals surface area contributed by atoms with E-state index < -0.39 is 8.25 Å². The van der Waals surface area contributed by atoms with E-state index in [4.69, 9.17) is 19.1 Å². The molecular formula is C11H10O4PSe+. The van der Waals surface area contributed by atoms with Crippen LogP contribution in [0, 0.1) is 0 Å². The molecule has 0 spiro atoms. The molecule has 0 aliphatic carbocycles. The van der Waals surface area contributed by atoms with Crippen LogP contribution in [0.2, 0.25) is 0 Å². The fraction of sp³-hybridized carbons (Fsp3) is 0.0909. The van der Waals surface area contributed by atoms with Gasteiger partial charge >= 0.3 is 90.4 Å². The molecule has 0 bridgehead atoms. The van der Waals surface area contributed by atoms with Gasteiger partial charge in [-0.3, -0.25) is 0 Å². The van der Waals surface area contributed by atoms with Gasteiger partial charge < -0.3 is 0 Å². The summed E-state index contributed by atoms with van der Waals surface area (Å²) in [6.45, 7) is 0.722. The Morgan fingerprint density at radius 3 is 2.82 bits per heavy atom. The normalized spacial score (nSPS) is 12.4. The first-order valence-electron chi connectivity index (χ1n) is 4.83. The zero-order valence-electron chi connectivity index (χ0n) is 8.74. The Hall–Kier alpha value is -0.961. The Morgan fingerprint density at radius 1 is 1.29 bits per heavy atom. The molecule has 1 aliphatic rings. The summed E-state index contributed by atoms with van der Waals surface area (Å²) >= 11 is 0.478. The summed E-state index contributed by atoms with van der Waals surface area (Å²) in [7, 11) is -2.87. The van der Waals surface area contributed by atoms with Crippen molar-refractivity contribution in [2.45, 2.75) is 0 Å². The first kappa shape index (κ1) is 12.5. The Labute approximate surface area is 105 Å². The van der Waals surface area contributed by atoms with Gasteiger partial charge in [0.2, 0.25) is 0 Å². The smallest absolute Gasteiger partial charge is 0.134 e. The van der Waals surface area contributed by atoms with E-state index in [9.17, 15) is 0 Å². The van der Waals surface area contributed by atoms with Crippen LogP contribution in [-0.4, -0.2) is 30.9 Å². The predicted molar refractivity (Wildman–Crippen MR) is 67.5 cm³/mol. The summed E-state index contributed by atoms with van der Waals surface area (Å²) in [5.41, 5.74) is 1.23. The maximum atomic E-state index is 8.70. The molecule has 2 heterocycles. The van der Waals surface area contributed by atoms with Crippen molar-refractivity contribution in [3.8, 4) is 5.75 Å². The number of fused-ring (bicyclic) bond motifs is 3. The third-order valence-electron chi connectivity index (χ3n) is 2.23. The molecule has 0 radical (unpaired) electrons. The quantitative estimate of drug-likeness (QED) is 0.576. The van der Waals surface area contributed by atoms with Crippen molar-refractivity contribution in [3.63, 3.8) is 0 Å². The van der Waals surface area contributed by atoms with Crippen LogP contribution in [0.25, 0.3) is 15.7 Å². The molecule has 6 heteroatoms. The zero-order chi connectivity index (χ0) is 12.3. The molecule has 1 aliphatic heterocycles. The van der Waals surface area contributed by atoms with Crippen LogP contribution in [0.5, 0.6) is 5.75 Å². The monoisotopic (exact) mass is 317 g/mol. The maximum Gasteiger partial charge on any atom is 0.692 e. The Kier molecular flexibility index (Phi) is 4.10. The van der Waals surface area contributed by atoms with Crippen molar-refractivity contribution in [3.05, 3.63) is 34.8 Å². The van der Waals surface area contributed by atoms with Gasteiger partial charge in [0.1, 0.15) is 0 Å². The molecule has 3 rings (SSSR count). The Bertz CT molecular complexity index is 572. The molecule has 1 aromatic heterocycles. The van der Waals surface area contributed by atoms with Gasteiger partial charge in [-0.05, 0) is 0 Å². The fourth-order valence-electron chi connectivity index (χ4n) is 1.61. The van der Waals surface area contributed by atoms with E-state index in [1.54, 1.807) is 0 Å². The van der Waals surface area contributed by atoms with Gasteiger partial charge in [0.15, 0.2) is 0 Å². The van der Waals surface area contributed by atoms with Crippen molar-refractivity contribution in [2.24, 2.45) is 0 Å². The van der Waals surface area contributed by atoms with E-state index in [2.05, 4.69) is 35.3 Å². The first-order valence-corrected chi connectivity index (χ1v) is 7.84. The minimum atomic E-state index is -2.87. The zero-order valence-corrected chi connectivity index (χ0v) is 11.3. The molecule has 0 saturated heterocycles. The average Bonchev–Trinajstić information content (AvgIpc) is 2.76. The summed E-state index contributed by atoms with van der Waals surface area (Å²) in [5, 5.41) is 1.34. The first-order chi connectivity index (χ1) is 8.18. The molecule has 0 unspecified atom stereocenters. The van der Waals surface area contributed by atoms with E-state index >= 15 is 0 Å². The van der Waals surface area contributed by atoms with Crippen LogP contribution in [-0.2, 0) is 4.57 Å². The molecular weight excluding hydrogens is 306 g/mol. The SMILES string of the molecule is C1=Cc2ccc3cc[se]c3c2OC1.O=[P+](O)O. The Balaban J connectivity index is 0.000000239. The van der Waals surface area contributed by atoms with E-state index in [-0.39, 0.29) is 0 Å². The largest absolute Gasteiger partial charge is 0.692 e. The molecule has 1 aromatic carbocycles. The van der Waals surface area contributed by atoms with Crippen molar-refractivity contribution in [1.29, 1.82) is 0 Å². The number of ether oxygens (including phenoxy) is 1. The van der Waals surface area contributed by atoms with Crippen LogP contribution in [0.15, 0.2) is 29.2 Å². The summed E-state index contributed by atoms with van der Waals surface area (Å²) in [6, 6.07) is 6.51. The molecule has 4 nitrogen and oxygen atoms in total. The molecule has 2 aromatic rings. The number of rotatable bonds is 0. The maximum absolute atomic E-state index is 8.70. The van der Waals surface area contributed by atoms with Gasteiger partial charge in [-0.15, -0.1) is 9.79 Å². The topological polar surface area (TPSA) is 66.8 Å². The summed E-state index contributed by atoms with van der Waals surface area (Å²) in [5.74, 6) is 1.12. The summed E-state index contributed by atoms with van der Waals surface area (Å²) in [6.07, 6.45) is 4.21. The van der Waals surface area contributed by atoms with Crippen LogP contribution >= 0.6 is 8.25 Å². The average molecular weight is 316 g/mol. The summed E-state index contributed by atoms with van der Waals surface area (Å²) in [4.78, 5) is 16.5. The molecule has 0 saturated carbocycles. The minimum absolute atomic E-state index is 0.478. The third kappa shape index (κ3) is 3.03. The van der Waals surface area contributed by atoms with Crippen LogP contribution < -0.4 is 4.74 Å². The van der Waals surface area contributed by atoms with Crippen LogP contribution in [0.1, 0.15) is 5.56 Å². The number of hydrogen-bond donors (Lipinski definition) is 2. The summed E-state index contributed by atoms with van der Waals surface area (Å²) < 4.78 is 15.8. The van der Waals surface area contributed by atoms with Gasteiger partial charge in [0.05, 0.1) is 0 Å². The second-order valence-corrected chi connectivity index (χ2v) is 5.72. The minimum Gasteiger partial charge on any atom is -0.134 e. The van der Waals surface area contributed by atoms with Crippen LogP contribution in [0.4, 0.5) is 0 Å². The molecule has 0 amide bonds. The number of benzene rings is 1. The molecule has 0 fully saturated rings. The van der Waals surface area contributed by atoms with E-state index in [1.807, 2.05) is 0 Å². The molecule has 17 heavy (non-hydrogen) atoms. The van der Waals surface area contributed by atoms with Gasteiger partial charge in [-0.1, -0.05) is 0 Å². The second kappa shape index (κ2) is 5.58. The van der Waals surface area contributed by atoms with Crippen molar-refractivity contribution in [1.82, 2.24) is 0 Å². The Morgan fingerprint density at radius 2 is 2.06 bits per heavy atom. The van der Waals surface area contributed by atoms with Crippen molar-refractivity contribution >= 4 is 38.5 Å². The molecule has 2 N–H and O–H groups in total. The van der Waals surface area contributed by atoms with Gasteiger partial charge in [0, 0.05) is 4.57 Å². The van der Waals surface area contributed by atoms with E-state index in [1.165, 1.54) is 15.2 Å². The third-order valence-corrected chi connectivity index (χ3v) is 4.18. The van der Waals surface area contributed by atoms with Crippen molar-refractivity contribution in [2.75, 3.05) is 6.61 Å².